The van der Waals surface area contributed by atoms with Crippen molar-refractivity contribution in [2.24, 2.45) is 0 Å². The molecule has 0 amide bonds. The van der Waals surface area contributed by atoms with E-state index >= 15 is 0 Å². The van der Waals surface area contributed by atoms with Crippen LogP contribution in [0.3, 0.4) is 0 Å². The van der Waals surface area contributed by atoms with Crippen LogP contribution >= 0.6 is 0 Å². The lowest BCUT2D eigenvalue weighted by Gasteiger charge is -2.18. The molecule has 0 bridgehead atoms. The molecule has 0 radical (unpaired) electrons. The van der Waals surface area contributed by atoms with Crippen molar-refractivity contribution >= 4 is 65.0 Å². The largest absolute Gasteiger partial charge is 0.256 e. The van der Waals surface area contributed by atoms with Gasteiger partial charge in [0.05, 0.1) is 16.6 Å². The zero-order chi connectivity index (χ0) is 34.2. The quantitative estimate of drug-likeness (QED) is 0.177. The minimum Gasteiger partial charge on any atom is -0.256 e. The van der Waals surface area contributed by atoms with Gasteiger partial charge in [0.15, 0.2) is 0 Å². The molecule has 0 unspecified atom stereocenters. The summed E-state index contributed by atoms with van der Waals surface area (Å²) < 4.78 is 0. The average molecular weight is 660 g/mol. The summed E-state index contributed by atoms with van der Waals surface area (Å²) >= 11 is 0. The van der Waals surface area contributed by atoms with Gasteiger partial charge in [-0.25, -0.2) is 0 Å². The first-order chi connectivity index (χ1) is 25.7. The van der Waals surface area contributed by atoms with E-state index in [0.717, 1.165) is 55.0 Å². The van der Waals surface area contributed by atoms with Gasteiger partial charge in [-0.3, -0.25) is 15.0 Å². The summed E-state index contributed by atoms with van der Waals surface area (Å²) in [7, 11) is 0. The molecular formula is C49H29N3. The molecule has 3 aromatic heterocycles. The summed E-state index contributed by atoms with van der Waals surface area (Å²) in [5.74, 6) is 0. The first-order valence-electron chi connectivity index (χ1n) is 17.7. The van der Waals surface area contributed by atoms with Crippen LogP contribution in [-0.2, 0) is 0 Å². The second-order valence-electron chi connectivity index (χ2n) is 13.7. The number of nitrogens with zero attached hydrogens (tertiary/aromatic N) is 3. The highest BCUT2D eigenvalue weighted by molar-refractivity contribution is 6.27. The van der Waals surface area contributed by atoms with Gasteiger partial charge in [0, 0.05) is 34.7 Å². The lowest BCUT2D eigenvalue weighted by molar-refractivity contribution is 1.41. The van der Waals surface area contributed by atoms with Gasteiger partial charge in [-0.05, 0) is 131 Å². The first-order valence-corrected chi connectivity index (χ1v) is 17.7. The van der Waals surface area contributed by atoms with Crippen LogP contribution in [0.2, 0.25) is 0 Å². The van der Waals surface area contributed by atoms with Gasteiger partial charge in [-0.2, -0.15) is 0 Å². The molecule has 8 aromatic carbocycles. The highest BCUT2D eigenvalue weighted by atomic mass is 14.6. The van der Waals surface area contributed by atoms with E-state index < -0.39 is 0 Å². The number of rotatable bonds is 4. The molecule has 3 nitrogen and oxygen atoms in total. The number of hydrogen-bond donors (Lipinski definition) is 0. The molecule has 11 aromatic rings. The van der Waals surface area contributed by atoms with E-state index in [1.165, 1.54) is 54.6 Å². The monoisotopic (exact) mass is 659 g/mol. The fourth-order valence-electron chi connectivity index (χ4n) is 8.15. The Labute approximate surface area is 299 Å². The summed E-state index contributed by atoms with van der Waals surface area (Å²) in [6.45, 7) is 0. The molecule has 240 valence electrons. The van der Waals surface area contributed by atoms with Gasteiger partial charge in [0.25, 0.3) is 0 Å². The molecule has 0 saturated heterocycles. The Morgan fingerprint density at radius 1 is 0.269 bits per heavy atom. The van der Waals surface area contributed by atoms with Crippen LogP contribution in [0.1, 0.15) is 0 Å². The fraction of sp³-hybridized carbons (Fsp3) is 0. The summed E-state index contributed by atoms with van der Waals surface area (Å²) in [6, 6.07) is 57.4. The van der Waals surface area contributed by atoms with Crippen LogP contribution in [0, 0.1) is 0 Å². The van der Waals surface area contributed by atoms with E-state index in [1.807, 2.05) is 36.8 Å². The zero-order valence-electron chi connectivity index (χ0n) is 28.1. The third-order valence-electron chi connectivity index (χ3n) is 10.7. The molecule has 11 rings (SSSR count). The molecule has 0 saturated carbocycles. The van der Waals surface area contributed by atoms with E-state index in [1.54, 1.807) is 0 Å². The van der Waals surface area contributed by atoms with Crippen LogP contribution in [0.5, 0.6) is 0 Å². The van der Waals surface area contributed by atoms with E-state index in [0.29, 0.717) is 0 Å². The Bertz CT molecular complexity index is 3100. The van der Waals surface area contributed by atoms with Crippen LogP contribution < -0.4 is 0 Å². The Balaban J connectivity index is 1.15. The van der Waals surface area contributed by atoms with Crippen molar-refractivity contribution in [2.45, 2.75) is 0 Å². The van der Waals surface area contributed by atoms with Crippen molar-refractivity contribution in [3.8, 4) is 44.5 Å². The van der Waals surface area contributed by atoms with Gasteiger partial charge in [-0.1, -0.05) is 103 Å². The third kappa shape index (κ3) is 4.57. The normalized spacial score (nSPS) is 11.8. The van der Waals surface area contributed by atoms with E-state index in [-0.39, 0.29) is 0 Å². The summed E-state index contributed by atoms with van der Waals surface area (Å²) in [5, 5.41) is 11.0. The molecule has 0 aliphatic heterocycles. The molecule has 0 spiro atoms. The van der Waals surface area contributed by atoms with Crippen LogP contribution in [0.15, 0.2) is 176 Å². The van der Waals surface area contributed by atoms with Crippen molar-refractivity contribution in [3.05, 3.63) is 176 Å². The van der Waals surface area contributed by atoms with E-state index in [2.05, 4.69) is 154 Å². The Morgan fingerprint density at radius 2 is 0.654 bits per heavy atom. The van der Waals surface area contributed by atoms with Crippen molar-refractivity contribution in [2.75, 3.05) is 0 Å². The van der Waals surface area contributed by atoms with Crippen molar-refractivity contribution in [1.82, 2.24) is 15.0 Å². The maximum atomic E-state index is 4.68. The van der Waals surface area contributed by atoms with Crippen LogP contribution in [-0.4, -0.2) is 15.0 Å². The minimum atomic E-state index is 0.989. The average Bonchev–Trinajstić information content (AvgIpc) is 3.22. The Hall–Kier alpha value is -6.97. The second kappa shape index (κ2) is 11.3. The Kier molecular flexibility index (Phi) is 6.25. The molecule has 0 aliphatic carbocycles. The van der Waals surface area contributed by atoms with Gasteiger partial charge in [0.1, 0.15) is 0 Å². The lowest BCUT2D eigenvalue weighted by atomic mass is 9.86. The minimum absolute atomic E-state index is 0.989. The number of fused-ring (bicyclic) bond motifs is 3. The van der Waals surface area contributed by atoms with Crippen LogP contribution in [0.4, 0.5) is 0 Å². The maximum Gasteiger partial charge on any atom is 0.0708 e. The molecule has 3 heterocycles. The topological polar surface area (TPSA) is 38.7 Å². The van der Waals surface area contributed by atoms with Crippen molar-refractivity contribution in [3.63, 3.8) is 0 Å². The standard InChI is InChI=1S/C49H29N3/c1-4-30-7-10-35(27-45(30)50-21-1)38-24-39(36-11-8-31-5-2-22-51-46(31)28-36)26-40(25-38)42-18-14-34-15-19-43-41(17-13-33-16-20-44(42)49(34)48(33)43)37-12-9-32-6-3-23-52-47(32)29-37/h1-29H. The van der Waals surface area contributed by atoms with Crippen LogP contribution in [0.25, 0.3) is 110 Å². The van der Waals surface area contributed by atoms with Crippen molar-refractivity contribution < 1.29 is 0 Å². The third-order valence-corrected chi connectivity index (χ3v) is 10.7. The number of hydrogen-bond acceptors (Lipinski definition) is 3. The number of benzene rings is 8. The lowest BCUT2D eigenvalue weighted by Crippen LogP contribution is -1.91. The van der Waals surface area contributed by atoms with Gasteiger partial charge in [0.2, 0.25) is 0 Å². The van der Waals surface area contributed by atoms with Gasteiger partial charge < -0.3 is 0 Å². The van der Waals surface area contributed by atoms with Gasteiger partial charge in [-0.15, -0.1) is 0 Å². The fourth-order valence-corrected chi connectivity index (χ4v) is 8.15. The smallest absolute Gasteiger partial charge is 0.0708 e. The highest BCUT2D eigenvalue weighted by Crippen LogP contribution is 2.44. The summed E-state index contributed by atoms with van der Waals surface area (Å²) in [5.41, 5.74) is 12.4. The number of pyridine rings is 3. The van der Waals surface area contributed by atoms with Crippen molar-refractivity contribution in [1.29, 1.82) is 0 Å². The molecule has 0 fully saturated rings. The summed E-state index contributed by atoms with van der Waals surface area (Å²) in [4.78, 5) is 14.0. The zero-order valence-corrected chi connectivity index (χ0v) is 28.1. The van der Waals surface area contributed by atoms with E-state index in [4.69, 9.17) is 0 Å². The number of aromatic nitrogens is 3. The first kappa shape index (κ1) is 28.8. The molecule has 52 heavy (non-hydrogen) atoms. The predicted octanol–water partition coefficient (Wildman–Crippen LogP) is 12.9. The SMILES string of the molecule is c1cnc2cc(-c3cc(-c4ccc5cccnc5c4)cc(-c4ccc5ccc6c(-c7ccc8cccnc8c7)ccc7ccc4c5c76)c3)ccc2c1. The molecule has 0 N–H and O–H groups in total. The molecule has 0 aliphatic rings. The second-order valence-corrected chi connectivity index (χ2v) is 13.7. The highest BCUT2D eigenvalue weighted by Gasteiger charge is 2.17. The molecular weight excluding hydrogens is 631 g/mol. The maximum absolute atomic E-state index is 4.68. The Morgan fingerprint density at radius 3 is 1.15 bits per heavy atom. The van der Waals surface area contributed by atoms with E-state index in [9.17, 15) is 0 Å². The van der Waals surface area contributed by atoms with Gasteiger partial charge >= 0.3 is 0 Å². The predicted molar refractivity (Wildman–Crippen MR) is 218 cm³/mol. The molecule has 3 heteroatoms. The molecule has 0 atom stereocenters. The summed E-state index contributed by atoms with van der Waals surface area (Å²) in [6.07, 6.45) is 5.60.